The Labute approximate surface area is 507 Å². The van der Waals surface area contributed by atoms with Crippen molar-refractivity contribution in [3.8, 4) is 0 Å². The molecule has 1 heterocycles. The van der Waals surface area contributed by atoms with Gasteiger partial charge in [0.1, 0.15) is 24.4 Å². The van der Waals surface area contributed by atoms with Gasteiger partial charge in [0.25, 0.3) is 0 Å². The van der Waals surface area contributed by atoms with Crippen LogP contribution in [0.5, 0.6) is 0 Å². The number of allylic oxidation sites excluding steroid dienone is 17. The van der Waals surface area contributed by atoms with Gasteiger partial charge in [-0.05, 0) is 116 Å². The third-order valence-corrected chi connectivity index (χ3v) is 15.1. The second kappa shape index (κ2) is 58.7. The molecule has 1 aliphatic heterocycles. The number of aliphatic hydroxyl groups is 5. The molecule has 0 aromatic carbocycles. The van der Waals surface area contributed by atoms with Gasteiger partial charge >= 0.3 is 5.97 Å². The van der Waals surface area contributed by atoms with E-state index < -0.39 is 67.4 Å². The molecule has 1 saturated heterocycles. The molecule has 0 saturated carbocycles. The van der Waals surface area contributed by atoms with Gasteiger partial charge in [0.05, 0.1) is 25.4 Å². The number of carbonyl (C=O) groups is 2. The number of rotatable bonds is 56. The van der Waals surface area contributed by atoms with Crippen LogP contribution in [0.15, 0.2) is 109 Å². The van der Waals surface area contributed by atoms with Crippen molar-refractivity contribution in [2.75, 3.05) is 13.2 Å². The summed E-state index contributed by atoms with van der Waals surface area (Å²) in [5, 5.41) is 57.1. The van der Waals surface area contributed by atoms with Crippen molar-refractivity contribution in [2.24, 2.45) is 0 Å². The quantitative estimate of drug-likeness (QED) is 0.0195. The molecule has 476 valence electrons. The molecule has 6 N–H and O–H groups in total. The second-order valence-electron chi connectivity index (χ2n) is 22.8. The molecule has 8 unspecified atom stereocenters. The van der Waals surface area contributed by atoms with Gasteiger partial charge in [0.15, 0.2) is 12.4 Å². The van der Waals surface area contributed by atoms with E-state index in [-0.39, 0.29) is 19.4 Å². The molecule has 1 aliphatic rings. The highest BCUT2D eigenvalue weighted by Gasteiger charge is 2.47. The minimum Gasteiger partial charge on any atom is -0.454 e. The molecule has 0 aliphatic carbocycles. The van der Waals surface area contributed by atoms with Crippen LogP contribution in [0, 0.1) is 0 Å². The zero-order chi connectivity index (χ0) is 60.3. The van der Waals surface area contributed by atoms with E-state index in [4.69, 9.17) is 14.2 Å². The molecule has 1 fully saturated rings. The van der Waals surface area contributed by atoms with E-state index in [0.717, 1.165) is 122 Å². The van der Waals surface area contributed by atoms with Crippen LogP contribution in [0.3, 0.4) is 0 Å². The molecular weight excluding hydrogens is 1040 g/mol. The van der Waals surface area contributed by atoms with E-state index in [9.17, 15) is 35.1 Å². The van der Waals surface area contributed by atoms with E-state index in [1.807, 2.05) is 6.08 Å². The summed E-state index contributed by atoms with van der Waals surface area (Å²) in [6.07, 6.45) is 69.6. The van der Waals surface area contributed by atoms with E-state index in [1.165, 1.54) is 103 Å². The Balaban J connectivity index is 2.69. The van der Waals surface area contributed by atoms with Crippen LogP contribution in [0.25, 0.3) is 0 Å². The lowest BCUT2D eigenvalue weighted by atomic mass is 9.99. The number of esters is 1. The summed E-state index contributed by atoms with van der Waals surface area (Å²) in [4.78, 5) is 26.6. The maximum Gasteiger partial charge on any atom is 0.306 e. The third-order valence-electron chi connectivity index (χ3n) is 15.1. The van der Waals surface area contributed by atoms with E-state index >= 15 is 0 Å². The summed E-state index contributed by atoms with van der Waals surface area (Å²) >= 11 is 0. The smallest absolute Gasteiger partial charge is 0.306 e. The highest BCUT2D eigenvalue weighted by atomic mass is 16.7. The van der Waals surface area contributed by atoms with E-state index in [0.29, 0.717) is 12.8 Å². The molecule has 8 atom stereocenters. The third kappa shape index (κ3) is 46.2. The molecule has 0 spiro atoms. The van der Waals surface area contributed by atoms with Crippen LogP contribution in [0.4, 0.5) is 0 Å². The van der Waals surface area contributed by atoms with Gasteiger partial charge in [-0.3, -0.25) is 9.59 Å². The SMILES string of the molecule is CCCCC/C=C\C/C=C\C/C=C\C/C=C\CCCCCCCC(=O)OC1C(OCC(NC(=O)C(O)CCCCCC/C=C\C/C=C\C/C=C\C/C=C\CCCCC)C(O)/C=C/CCCCCCCCCCCCC)OC(CO)C(O)C1O. The van der Waals surface area contributed by atoms with Gasteiger partial charge in [-0.25, -0.2) is 0 Å². The first-order valence-electron chi connectivity index (χ1n) is 33.7. The minimum absolute atomic E-state index is 0.0945. The first-order valence-corrected chi connectivity index (χ1v) is 33.7. The van der Waals surface area contributed by atoms with Crippen molar-refractivity contribution in [2.45, 2.75) is 320 Å². The van der Waals surface area contributed by atoms with Crippen LogP contribution >= 0.6 is 0 Å². The Morgan fingerprint density at radius 3 is 1.27 bits per heavy atom. The lowest BCUT2D eigenvalue weighted by molar-refractivity contribution is -0.305. The highest BCUT2D eigenvalue weighted by Crippen LogP contribution is 2.26. The zero-order valence-electron chi connectivity index (χ0n) is 52.8. The number of unbranched alkanes of at least 4 members (excludes halogenated alkanes) is 26. The molecule has 0 aromatic rings. The number of nitrogens with one attached hydrogen (secondary N) is 1. The summed E-state index contributed by atoms with van der Waals surface area (Å²) in [6, 6.07) is -1.05. The average Bonchev–Trinajstić information content (AvgIpc) is 3.58. The van der Waals surface area contributed by atoms with Crippen molar-refractivity contribution in [3.63, 3.8) is 0 Å². The fourth-order valence-corrected chi connectivity index (χ4v) is 9.79. The summed E-state index contributed by atoms with van der Waals surface area (Å²) in [5.74, 6) is -1.24. The molecule has 11 heteroatoms. The topological polar surface area (TPSA) is 175 Å². The first-order chi connectivity index (χ1) is 40.7. The van der Waals surface area contributed by atoms with Gasteiger partial charge in [-0.1, -0.05) is 259 Å². The monoisotopic (exact) mass is 1160 g/mol. The van der Waals surface area contributed by atoms with Crippen molar-refractivity contribution < 1.29 is 49.3 Å². The predicted molar refractivity (Wildman–Crippen MR) is 347 cm³/mol. The number of carbonyl (C=O) groups excluding carboxylic acids is 2. The van der Waals surface area contributed by atoms with Crippen LogP contribution < -0.4 is 5.32 Å². The van der Waals surface area contributed by atoms with Crippen molar-refractivity contribution >= 4 is 11.9 Å². The molecule has 0 aromatic heterocycles. The fourth-order valence-electron chi connectivity index (χ4n) is 9.79. The standard InChI is InChI=1S/C72H123NO10/c1-4-7-10-13-16-19-22-25-27-29-31-33-35-37-39-42-45-48-51-54-57-60-67(77)83-70-69(79)68(78)66(61-74)82-72(70)81-62-63(64(75)58-55-52-49-46-43-40-24-21-18-15-12-9-6-3)73-71(80)65(76)59-56-53-50-47-44-41-38-36-34-32-30-28-26-23-20-17-14-11-8-5-2/h16-17,19-20,25-28,31-34,37-39,41,55,58,63-66,68-70,72,74-76,78-79H,4-15,18,21-24,29-30,35-36,40,42-54,56-57,59-62H2,1-3H3,(H,73,80)/b19-16-,20-17-,27-25-,28-26-,33-31-,34-32-,39-37-,41-38-,58-55+. The Kier molecular flexibility index (Phi) is 54.7. The molecule has 11 nitrogen and oxygen atoms in total. The molecule has 0 bridgehead atoms. The molecular formula is C72H123NO10. The van der Waals surface area contributed by atoms with Crippen LogP contribution in [0.2, 0.25) is 0 Å². The van der Waals surface area contributed by atoms with E-state index in [2.05, 4.69) is 123 Å². The van der Waals surface area contributed by atoms with Crippen LogP contribution in [-0.2, 0) is 23.8 Å². The number of amides is 1. The number of ether oxygens (including phenoxy) is 3. The average molecular weight is 1160 g/mol. The minimum atomic E-state index is -1.63. The summed E-state index contributed by atoms with van der Waals surface area (Å²) in [7, 11) is 0. The van der Waals surface area contributed by atoms with Crippen molar-refractivity contribution in [3.05, 3.63) is 109 Å². The highest BCUT2D eigenvalue weighted by molar-refractivity contribution is 5.80. The molecule has 1 rings (SSSR count). The van der Waals surface area contributed by atoms with Gasteiger partial charge in [0, 0.05) is 6.42 Å². The lowest BCUT2D eigenvalue weighted by Gasteiger charge is -2.41. The molecule has 0 radical (unpaired) electrons. The zero-order valence-corrected chi connectivity index (χ0v) is 52.8. The molecule has 1 amide bonds. The van der Waals surface area contributed by atoms with Gasteiger partial charge in [-0.2, -0.15) is 0 Å². The summed E-state index contributed by atoms with van der Waals surface area (Å²) in [5.41, 5.74) is 0. The van der Waals surface area contributed by atoms with Gasteiger partial charge in [0.2, 0.25) is 5.91 Å². The largest absolute Gasteiger partial charge is 0.454 e. The Hall–Kier alpha value is -3.68. The molecule has 83 heavy (non-hydrogen) atoms. The maximum absolute atomic E-state index is 13.5. The Bertz CT molecular complexity index is 1770. The van der Waals surface area contributed by atoms with Crippen molar-refractivity contribution in [1.82, 2.24) is 5.32 Å². The van der Waals surface area contributed by atoms with Gasteiger partial charge in [-0.15, -0.1) is 0 Å². The number of hydrogen-bond donors (Lipinski definition) is 6. The Morgan fingerprint density at radius 2 is 0.831 bits per heavy atom. The van der Waals surface area contributed by atoms with E-state index in [1.54, 1.807) is 6.08 Å². The van der Waals surface area contributed by atoms with Crippen LogP contribution in [0.1, 0.15) is 271 Å². The summed E-state index contributed by atoms with van der Waals surface area (Å²) in [6.45, 7) is 5.72. The number of aliphatic hydroxyl groups excluding tert-OH is 5. The van der Waals surface area contributed by atoms with Crippen LogP contribution in [-0.4, -0.2) is 99.6 Å². The maximum atomic E-state index is 13.5. The lowest BCUT2D eigenvalue weighted by Crippen LogP contribution is -2.61. The Morgan fingerprint density at radius 1 is 0.470 bits per heavy atom. The van der Waals surface area contributed by atoms with Crippen molar-refractivity contribution in [1.29, 1.82) is 0 Å². The normalized spacial score (nSPS) is 19.3. The second-order valence-corrected chi connectivity index (χ2v) is 22.8. The number of hydrogen-bond acceptors (Lipinski definition) is 10. The fraction of sp³-hybridized carbons (Fsp3) is 0.722. The summed E-state index contributed by atoms with van der Waals surface area (Å²) < 4.78 is 17.6. The first kappa shape index (κ1) is 77.3. The predicted octanol–water partition coefficient (Wildman–Crippen LogP) is 16.8. The van der Waals surface area contributed by atoms with Gasteiger partial charge < -0.3 is 45.1 Å².